The summed E-state index contributed by atoms with van der Waals surface area (Å²) in [6.07, 6.45) is 2.27. The summed E-state index contributed by atoms with van der Waals surface area (Å²) in [7, 11) is 1.62. The van der Waals surface area contributed by atoms with E-state index < -0.39 is 0 Å². The first-order chi connectivity index (χ1) is 13.2. The van der Waals surface area contributed by atoms with E-state index >= 15 is 0 Å². The molecule has 2 heterocycles. The number of hydrogen-bond acceptors (Lipinski definition) is 5. The molecule has 0 amide bonds. The van der Waals surface area contributed by atoms with Gasteiger partial charge in [-0.3, -0.25) is 0 Å². The van der Waals surface area contributed by atoms with Gasteiger partial charge in [-0.25, -0.2) is 9.98 Å². The minimum absolute atomic E-state index is 0. The largest absolute Gasteiger partial charge is 0.497 e. The van der Waals surface area contributed by atoms with Crippen molar-refractivity contribution in [3.8, 4) is 17.4 Å². The number of guanidine groups is 1. The van der Waals surface area contributed by atoms with Crippen LogP contribution in [0.3, 0.4) is 0 Å². The van der Waals surface area contributed by atoms with Crippen LogP contribution in [0.4, 0.5) is 0 Å². The van der Waals surface area contributed by atoms with Crippen molar-refractivity contribution in [3.05, 3.63) is 48.2 Å². The highest BCUT2D eigenvalue weighted by Crippen LogP contribution is 2.23. The lowest BCUT2D eigenvalue weighted by Gasteiger charge is -2.20. The maximum atomic E-state index is 9.73. The maximum absolute atomic E-state index is 9.73. The van der Waals surface area contributed by atoms with Crippen molar-refractivity contribution >= 4 is 29.9 Å². The number of β-amino-alcohol motifs (C(OH)–C–C–N with tert-alkyl or cyclic N) is 1. The van der Waals surface area contributed by atoms with E-state index in [1.165, 1.54) is 0 Å². The number of likely N-dealkylation sites (tertiary alicyclic amines) is 1. The van der Waals surface area contributed by atoms with E-state index in [1.807, 2.05) is 43.3 Å². The molecule has 152 valence electrons. The van der Waals surface area contributed by atoms with E-state index in [2.05, 4.69) is 20.2 Å². The normalized spacial score (nSPS) is 16.5. The van der Waals surface area contributed by atoms with Gasteiger partial charge in [0, 0.05) is 38.0 Å². The van der Waals surface area contributed by atoms with Crippen LogP contribution in [-0.4, -0.2) is 53.8 Å². The predicted molar refractivity (Wildman–Crippen MR) is 120 cm³/mol. The Kier molecular flexibility index (Phi) is 8.78. The topological polar surface area (TPSA) is 79.2 Å². The number of ether oxygens (including phenoxy) is 2. The van der Waals surface area contributed by atoms with Crippen LogP contribution in [0.25, 0.3) is 0 Å². The van der Waals surface area contributed by atoms with Gasteiger partial charge in [-0.2, -0.15) is 0 Å². The van der Waals surface area contributed by atoms with Gasteiger partial charge in [0.15, 0.2) is 5.96 Å². The third kappa shape index (κ3) is 6.23. The number of methoxy groups -OCH3 is 1. The lowest BCUT2D eigenvalue weighted by Crippen LogP contribution is -2.40. The van der Waals surface area contributed by atoms with E-state index in [0.29, 0.717) is 24.7 Å². The Balaban J connectivity index is 0.00000280. The number of aromatic nitrogens is 1. The second-order valence-corrected chi connectivity index (χ2v) is 6.34. The Labute approximate surface area is 182 Å². The second-order valence-electron chi connectivity index (χ2n) is 6.34. The molecule has 1 saturated heterocycles. The molecule has 3 rings (SSSR count). The Hall–Kier alpha value is -2.07. The summed E-state index contributed by atoms with van der Waals surface area (Å²) in [6, 6.07) is 11.2. The van der Waals surface area contributed by atoms with Crippen molar-refractivity contribution < 1.29 is 14.6 Å². The molecule has 0 radical (unpaired) electrons. The van der Waals surface area contributed by atoms with Crippen molar-refractivity contribution in [1.29, 1.82) is 0 Å². The number of pyridine rings is 1. The molecule has 1 aromatic heterocycles. The summed E-state index contributed by atoms with van der Waals surface area (Å²) < 4.78 is 11.0. The molecule has 0 saturated carbocycles. The van der Waals surface area contributed by atoms with Crippen LogP contribution in [0.2, 0.25) is 0 Å². The van der Waals surface area contributed by atoms with Gasteiger partial charge < -0.3 is 24.8 Å². The maximum Gasteiger partial charge on any atom is 0.219 e. The standard InChI is InChI=1S/C20H26N4O3.HI/c1-3-21-20(24-10-9-16(25)14-24)23-13-15-7-8-19(22-12-15)27-18-6-4-5-17(11-18)26-2;/h4-8,11-12,16,25H,3,9-10,13-14H2,1-2H3,(H,21,23);1H/t16-;/m1./s1. The summed E-state index contributed by atoms with van der Waals surface area (Å²) >= 11 is 0. The lowest BCUT2D eigenvalue weighted by molar-refractivity contribution is 0.188. The number of nitrogens with one attached hydrogen (secondary N) is 1. The van der Waals surface area contributed by atoms with Gasteiger partial charge in [0.2, 0.25) is 5.88 Å². The first kappa shape index (κ1) is 22.2. The zero-order chi connectivity index (χ0) is 19.1. The molecule has 0 unspecified atom stereocenters. The van der Waals surface area contributed by atoms with Gasteiger partial charge in [-0.05, 0) is 31.0 Å². The van der Waals surface area contributed by atoms with Crippen molar-refractivity contribution in [2.24, 2.45) is 4.99 Å². The van der Waals surface area contributed by atoms with Gasteiger partial charge >= 0.3 is 0 Å². The zero-order valence-electron chi connectivity index (χ0n) is 16.2. The highest BCUT2D eigenvalue weighted by Gasteiger charge is 2.22. The molecular formula is C20H27IN4O3. The summed E-state index contributed by atoms with van der Waals surface area (Å²) in [6.45, 7) is 4.78. The predicted octanol–water partition coefficient (Wildman–Crippen LogP) is 3.03. The number of halogens is 1. The molecule has 7 nitrogen and oxygen atoms in total. The smallest absolute Gasteiger partial charge is 0.219 e. The number of aliphatic hydroxyl groups is 1. The Morgan fingerprint density at radius 3 is 2.79 bits per heavy atom. The van der Waals surface area contributed by atoms with Crippen molar-refractivity contribution in [1.82, 2.24) is 15.2 Å². The second kappa shape index (κ2) is 11.1. The summed E-state index contributed by atoms with van der Waals surface area (Å²) in [4.78, 5) is 11.1. The fraction of sp³-hybridized carbons (Fsp3) is 0.400. The summed E-state index contributed by atoms with van der Waals surface area (Å²) in [5.41, 5.74) is 0.989. The van der Waals surface area contributed by atoms with Gasteiger partial charge in [0.1, 0.15) is 11.5 Å². The van der Waals surface area contributed by atoms with E-state index in [1.54, 1.807) is 13.3 Å². The molecule has 8 heteroatoms. The molecule has 1 aliphatic rings. The van der Waals surface area contributed by atoms with Crippen molar-refractivity contribution in [2.75, 3.05) is 26.7 Å². The number of aliphatic imine (C=N–C) groups is 1. The molecule has 2 aromatic rings. The van der Waals surface area contributed by atoms with Crippen LogP contribution in [0.15, 0.2) is 47.6 Å². The molecule has 0 bridgehead atoms. The van der Waals surface area contributed by atoms with Gasteiger partial charge in [-0.1, -0.05) is 12.1 Å². The molecule has 1 aliphatic heterocycles. The van der Waals surface area contributed by atoms with Crippen LogP contribution < -0.4 is 14.8 Å². The molecule has 0 spiro atoms. The minimum Gasteiger partial charge on any atom is -0.497 e. The summed E-state index contributed by atoms with van der Waals surface area (Å²) in [5, 5.41) is 13.0. The van der Waals surface area contributed by atoms with Crippen LogP contribution in [0.1, 0.15) is 18.9 Å². The van der Waals surface area contributed by atoms with Crippen LogP contribution in [0, 0.1) is 0 Å². The van der Waals surface area contributed by atoms with Crippen LogP contribution in [-0.2, 0) is 6.54 Å². The zero-order valence-corrected chi connectivity index (χ0v) is 18.5. The third-order valence-corrected chi connectivity index (χ3v) is 4.27. The molecule has 1 aromatic carbocycles. The molecular weight excluding hydrogens is 471 g/mol. The van der Waals surface area contributed by atoms with Crippen molar-refractivity contribution in [2.45, 2.75) is 26.0 Å². The molecule has 1 fully saturated rings. The third-order valence-electron chi connectivity index (χ3n) is 4.27. The summed E-state index contributed by atoms with van der Waals surface area (Å²) in [5.74, 6) is 2.76. The number of benzene rings is 1. The van der Waals surface area contributed by atoms with Gasteiger partial charge in [0.25, 0.3) is 0 Å². The van der Waals surface area contributed by atoms with Crippen LogP contribution in [0.5, 0.6) is 17.4 Å². The Bertz CT molecular complexity index is 770. The SMILES string of the molecule is CCNC(=NCc1ccc(Oc2cccc(OC)c2)nc1)N1CC[C@@H](O)C1.I. The first-order valence-corrected chi connectivity index (χ1v) is 9.16. The van der Waals surface area contributed by atoms with E-state index in [-0.39, 0.29) is 30.1 Å². The monoisotopic (exact) mass is 498 g/mol. The van der Waals surface area contributed by atoms with E-state index in [0.717, 1.165) is 36.8 Å². The molecule has 28 heavy (non-hydrogen) atoms. The molecule has 2 N–H and O–H groups in total. The minimum atomic E-state index is -0.274. The number of nitrogens with zero attached hydrogens (tertiary/aromatic N) is 3. The first-order valence-electron chi connectivity index (χ1n) is 9.16. The fourth-order valence-electron chi connectivity index (χ4n) is 2.88. The highest BCUT2D eigenvalue weighted by atomic mass is 127. The van der Waals surface area contributed by atoms with Crippen molar-refractivity contribution in [3.63, 3.8) is 0 Å². The average molecular weight is 498 g/mol. The van der Waals surface area contributed by atoms with E-state index in [9.17, 15) is 5.11 Å². The Morgan fingerprint density at radius 2 is 2.14 bits per heavy atom. The number of rotatable bonds is 6. The van der Waals surface area contributed by atoms with Gasteiger partial charge in [0.05, 0.1) is 19.8 Å². The average Bonchev–Trinajstić information content (AvgIpc) is 3.12. The number of hydrogen-bond donors (Lipinski definition) is 2. The quantitative estimate of drug-likeness (QED) is 0.362. The van der Waals surface area contributed by atoms with E-state index in [4.69, 9.17) is 9.47 Å². The highest BCUT2D eigenvalue weighted by molar-refractivity contribution is 14.0. The lowest BCUT2D eigenvalue weighted by atomic mass is 10.3. The Morgan fingerprint density at radius 1 is 1.32 bits per heavy atom. The van der Waals surface area contributed by atoms with Gasteiger partial charge in [-0.15, -0.1) is 24.0 Å². The number of aliphatic hydroxyl groups excluding tert-OH is 1. The molecule has 0 aliphatic carbocycles. The molecule has 1 atom stereocenters. The fourth-order valence-corrected chi connectivity index (χ4v) is 2.88. The van der Waals surface area contributed by atoms with Crippen LogP contribution >= 0.6 is 24.0 Å².